The van der Waals surface area contributed by atoms with Crippen molar-refractivity contribution in [1.82, 2.24) is 5.32 Å². The van der Waals surface area contributed by atoms with Crippen molar-refractivity contribution in [3.05, 3.63) is 70.2 Å². The Morgan fingerprint density at radius 3 is 2.57 bits per heavy atom. The first-order valence-corrected chi connectivity index (χ1v) is 6.94. The van der Waals surface area contributed by atoms with Gasteiger partial charge in [0.2, 0.25) is 0 Å². The number of nitrogens with one attached hydrogen (secondary N) is 1. The number of carbonyl (C=O) groups excluding carboxylic acids is 1. The van der Waals surface area contributed by atoms with Crippen LogP contribution < -0.4 is 5.32 Å². The van der Waals surface area contributed by atoms with Gasteiger partial charge in [0.05, 0.1) is 17.1 Å². The zero-order chi connectivity index (χ0) is 16.9. The van der Waals surface area contributed by atoms with E-state index < -0.39 is 17.6 Å². The zero-order valence-electron chi connectivity index (χ0n) is 11.7. The van der Waals surface area contributed by atoms with Crippen molar-refractivity contribution in [2.45, 2.75) is 6.18 Å². The number of carbonyl (C=O) groups is 1. The van der Waals surface area contributed by atoms with Crippen LogP contribution in [-0.2, 0) is 6.18 Å². The lowest BCUT2D eigenvalue weighted by molar-refractivity contribution is -0.137. The molecule has 2 nitrogen and oxygen atoms in total. The van der Waals surface area contributed by atoms with Gasteiger partial charge >= 0.3 is 6.18 Å². The number of rotatable bonds is 2. The van der Waals surface area contributed by atoms with E-state index in [0.717, 1.165) is 12.1 Å². The summed E-state index contributed by atoms with van der Waals surface area (Å²) < 4.78 is 37.8. The lowest BCUT2D eigenvalue weighted by Gasteiger charge is -2.08. The van der Waals surface area contributed by atoms with Gasteiger partial charge in [0.15, 0.2) is 0 Å². The summed E-state index contributed by atoms with van der Waals surface area (Å²) >= 11 is 5.93. The van der Waals surface area contributed by atoms with E-state index in [2.05, 4.69) is 17.2 Å². The van der Waals surface area contributed by atoms with Crippen LogP contribution in [0.4, 0.5) is 13.2 Å². The minimum absolute atomic E-state index is 0.000300. The molecule has 0 aromatic heterocycles. The van der Waals surface area contributed by atoms with Gasteiger partial charge in [-0.1, -0.05) is 41.6 Å². The molecular formula is C17H11ClF3NO. The van der Waals surface area contributed by atoms with Crippen molar-refractivity contribution in [3.63, 3.8) is 0 Å². The van der Waals surface area contributed by atoms with Crippen molar-refractivity contribution < 1.29 is 18.0 Å². The molecule has 0 aliphatic rings. The van der Waals surface area contributed by atoms with Crippen LogP contribution in [0.5, 0.6) is 0 Å². The Morgan fingerprint density at radius 1 is 1.13 bits per heavy atom. The normalized spacial score (nSPS) is 10.6. The summed E-state index contributed by atoms with van der Waals surface area (Å²) in [6, 6.07) is 11.2. The van der Waals surface area contributed by atoms with Crippen molar-refractivity contribution >= 4 is 17.5 Å². The molecule has 0 heterocycles. The van der Waals surface area contributed by atoms with E-state index in [1.165, 1.54) is 12.1 Å². The van der Waals surface area contributed by atoms with E-state index in [0.29, 0.717) is 10.6 Å². The van der Waals surface area contributed by atoms with Gasteiger partial charge in [-0.05, 0) is 30.3 Å². The Kier molecular flexibility index (Phi) is 5.30. The number of benzene rings is 2. The van der Waals surface area contributed by atoms with Crippen molar-refractivity contribution in [1.29, 1.82) is 0 Å². The summed E-state index contributed by atoms with van der Waals surface area (Å²) in [6.07, 6.45) is -4.49. The minimum atomic E-state index is -4.49. The van der Waals surface area contributed by atoms with E-state index in [1.807, 2.05) is 0 Å². The molecule has 6 heteroatoms. The third kappa shape index (κ3) is 4.76. The van der Waals surface area contributed by atoms with E-state index in [1.54, 1.807) is 24.3 Å². The van der Waals surface area contributed by atoms with Gasteiger partial charge in [-0.25, -0.2) is 0 Å². The van der Waals surface area contributed by atoms with Gasteiger partial charge in [-0.3, -0.25) is 4.79 Å². The summed E-state index contributed by atoms with van der Waals surface area (Å²) in [6.45, 7) is 0.000300. The van der Waals surface area contributed by atoms with Gasteiger partial charge < -0.3 is 5.32 Å². The third-order valence-electron chi connectivity index (χ3n) is 2.89. The van der Waals surface area contributed by atoms with E-state index in [9.17, 15) is 18.0 Å². The van der Waals surface area contributed by atoms with E-state index in [4.69, 9.17) is 11.6 Å². The molecule has 0 bridgehead atoms. The van der Waals surface area contributed by atoms with Gasteiger partial charge in [-0.2, -0.15) is 13.2 Å². The van der Waals surface area contributed by atoms with Crippen molar-refractivity contribution in [2.24, 2.45) is 0 Å². The maximum Gasteiger partial charge on any atom is 0.416 e. The molecule has 0 aliphatic heterocycles. The first-order valence-electron chi connectivity index (χ1n) is 6.57. The van der Waals surface area contributed by atoms with Crippen molar-refractivity contribution in [3.8, 4) is 11.8 Å². The second-order valence-electron chi connectivity index (χ2n) is 4.54. The number of alkyl halides is 3. The summed E-state index contributed by atoms with van der Waals surface area (Å²) in [7, 11) is 0. The van der Waals surface area contributed by atoms with E-state index >= 15 is 0 Å². The SMILES string of the molecule is O=C(NCC#Cc1ccccc1Cl)c1cccc(C(F)(F)F)c1. The average Bonchev–Trinajstić information content (AvgIpc) is 2.52. The van der Waals surface area contributed by atoms with Crippen LogP contribution in [0.3, 0.4) is 0 Å². The summed E-state index contributed by atoms with van der Waals surface area (Å²) in [4.78, 5) is 11.8. The highest BCUT2D eigenvalue weighted by Gasteiger charge is 2.30. The molecule has 0 saturated heterocycles. The molecule has 0 radical (unpaired) electrons. The van der Waals surface area contributed by atoms with E-state index in [-0.39, 0.29) is 12.1 Å². The lowest BCUT2D eigenvalue weighted by Crippen LogP contribution is -2.24. The molecule has 2 aromatic carbocycles. The molecule has 0 spiro atoms. The zero-order valence-corrected chi connectivity index (χ0v) is 12.5. The van der Waals surface area contributed by atoms with Gasteiger partial charge in [-0.15, -0.1) is 0 Å². The highest BCUT2D eigenvalue weighted by molar-refractivity contribution is 6.31. The Hall–Kier alpha value is -2.45. The van der Waals surface area contributed by atoms with Crippen LogP contribution in [0.2, 0.25) is 5.02 Å². The largest absolute Gasteiger partial charge is 0.416 e. The fourth-order valence-electron chi connectivity index (χ4n) is 1.77. The molecule has 118 valence electrons. The quantitative estimate of drug-likeness (QED) is 0.820. The second kappa shape index (κ2) is 7.21. The lowest BCUT2D eigenvalue weighted by atomic mass is 10.1. The molecule has 0 atom stereocenters. The molecule has 23 heavy (non-hydrogen) atoms. The molecular weight excluding hydrogens is 327 g/mol. The molecule has 0 unspecified atom stereocenters. The number of hydrogen-bond acceptors (Lipinski definition) is 1. The predicted molar refractivity (Wildman–Crippen MR) is 82.1 cm³/mol. The molecule has 1 amide bonds. The molecule has 1 N–H and O–H groups in total. The van der Waals surface area contributed by atoms with Gasteiger partial charge in [0, 0.05) is 11.1 Å². The molecule has 0 fully saturated rings. The Labute approximate surface area is 136 Å². The van der Waals surface area contributed by atoms with Crippen LogP contribution in [-0.4, -0.2) is 12.5 Å². The highest BCUT2D eigenvalue weighted by atomic mass is 35.5. The monoisotopic (exact) mass is 337 g/mol. The van der Waals surface area contributed by atoms with Crippen LogP contribution in [0, 0.1) is 11.8 Å². The Balaban J connectivity index is 2.00. The third-order valence-corrected chi connectivity index (χ3v) is 3.22. The second-order valence-corrected chi connectivity index (χ2v) is 4.95. The predicted octanol–water partition coefficient (Wildman–Crippen LogP) is 4.14. The van der Waals surface area contributed by atoms with Crippen LogP contribution in [0.25, 0.3) is 0 Å². The molecule has 0 saturated carbocycles. The smallest absolute Gasteiger partial charge is 0.341 e. The molecule has 2 rings (SSSR count). The molecule has 2 aromatic rings. The van der Waals surface area contributed by atoms with Crippen LogP contribution in [0.1, 0.15) is 21.5 Å². The fraction of sp³-hybridized carbons (Fsp3) is 0.118. The summed E-state index contributed by atoms with van der Waals surface area (Å²) in [5, 5.41) is 2.93. The van der Waals surface area contributed by atoms with Crippen LogP contribution >= 0.6 is 11.6 Å². The summed E-state index contributed by atoms with van der Waals surface area (Å²) in [5.74, 6) is 4.86. The van der Waals surface area contributed by atoms with Crippen LogP contribution in [0.15, 0.2) is 48.5 Å². The van der Waals surface area contributed by atoms with Gasteiger partial charge in [0.1, 0.15) is 0 Å². The maximum absolute atomic E-state index is 12.6. The number of amides is 1. The first-order chi connectivity index (χ1) is 10.9. The minimum Gasteiger partial charge on any atom is -0.341 e. The maximum atomic E-state index is 12.6. The highest BCUT2D eigenvalue weighted by Crippen LogP contribution is 2.29. The Bertz CT molecular complexity index is 775. The summed E-state index contributed by atoms with van der Waals surface area (Å²) in [5.41, 5.74) is -0.325. The average molecular weight is 338 g/mol. The Morgan fingerprint density at radius 2 is 1.87 bits per heavy atom. The number of halogens is 4. The van der Waals surface area contributed by atoms with Crippen molar-refractivity contribution in [2.75, 3.05) is 6.54 Å². The first kappa shape index (κ1) is 16.9. The topological polar surface area (TPSA) is 29.1 Å². The molecule has 0 aliphatic carbocycles. The number of hydrogen-bond donors (Lipinski definition) is 1. The standard InChI is InChI=1S/C17H11ClF3NO/c18-15-9-2-1-5-12(15)7-4-10-22-16(23)13-6-3-8-14(11-13)17(19,20)21/h1-3,5-6,8-9,11H,10H2,(H,22,23). The fourth-order valence-corrected chi connectivity index (χ4v) is 1.95. The van der Waals surface area contributed by atoms with Gasteiger partial charge in [0.25, 0.3) is 5.91 Å².